The molecule has 2 unspecified atom stereocenters. The lowest BCUT2D eigenvalue weighted by Gasteiger charge is -2.26. The van der Waals surface area contributed by atoms with E-state index in [1.165, 1.54) is 7.11 Å². The summed E-state index contributed by atoms with van der Waals surface area (Å²) in [5.41, 5.74) is 12.3. The lowest BCUT2D eigenvalue weighted by Crippen LogP contribution is -2.36. The Morgan fingerprint density at radius 2 is 1.80 bits per heavy atom. The lowest BCUT2D eigenvalue weighted by atomic mass is 9.91. The van der Waals surface area contributed by atoms with Gasteiger partial charge in [0.05, 0.1) is 19.2 Å². The molecule has 0 aromatic heterocycles. The van der Waals surface area contributed by atoms with E-state index < -0.39 is 23.8 Å². The number of methoxy groups -OCH3 is 1. The number of alkyl carbamates (subject to hydrolysis) is 1. The maximum atomic E-state index is 12.7. The van der Waals surface area contributed by atoms with Gasteiger partial charge in [0.1, 0.15) is 5.60 Å². The molecule has 0 aliphatic heterocycles. The quantitative estimate of drug-likeness (QED) is 0.534. The van der Waals surface area contributed by atoms with Crippen molar-refractivity contribution in [1.82, 2.24) is 5.32 Å². The Morgan fingerprint density at radius 3 is 2.32 bits per heavy atom. The van der Waals surface area contributed by atoms with Gasteiger partial charge in [-0.05, 0) is 45.2 Å². The Balaban J connectivity index is 3.08. The number of carbonyl (C=O) groups excluding carboxylic acids is 2. The molecule has 25 heavy (non-hydrogen) atoms. The lowest BCUT2D eigenvalue weighted by molar-refractivity contribution is -0.157. The summed E-state index contributed by atoms with van der Waals surface area (Å²) in [6.45, 7) is 7.23. The maximum absolute atomic E-state index is 12.7. The minimum Gasteiger partial charge on any atom is -0.459 e. The van der Waals surface area contributed by atoms with E-state index in [1.54, 1.807) is 25.1 Å². The number of esters is 1. The van der Waals surface area contributed by atoms with Crippen molar-refractivity contribution in [2.24, 2.45) is 11.5 Å². The van der Waals surface area contributed by atoms with Crippen LogP contribution < -0.4 is 16.8 Å². The summed E-state index contributed by atoms with van der Waals surface area (Å²) in [4.78, 5) is 24.1. The summed E-state index contributed by atoms with van der Waals surface area (Å²) in [6, 6.07) is 6.93. The van der Waals surface area contributed by atoms with Crippen LogP contribution in [0.2, 0.25) is 0 Å². The SMILES string of the molecule is COC(=O)NC(C)CC(C(=O)OC(C)(C)C)c1cccc(C(N)N)c1. The van der Waals surface area contributed by atoms with Crippen LogP contribution in [0, 0.1) is 0 Å². The van der Waals surface area contributed by atoms with Crippen LogP contribution in [0.5, 0.6) is 0 Å². The zero-order chi connectivity index (χ0) is 19.2. The number of nitrogens with one attached hydrogen (secondary N) is 1. The first kappa shape index (κ1) is 20.9. The first-order valence-electron chi connectivity index (χ1n) is 8.22. The average Bonchev–Trinajstić information content (AvgIpc) is 2.50. The average molecular weight is 351 g/mol. The van der Waals surface area contributed by atoms with Gasteiger partial charge >= 0.3 is 12.1 Å². The predicted octanol–water partition coefficient (Wildman–Crippen LogP) is 2.16. The van der Waals surface area contributed by atoms with E-state index in [9.17, 15) is 9.59 Å². The largest absolute Gasteiger partial charge is 0.459 e. The summed E-state index contributed by atoms with van der Waals surface area (Å²) in [5.74, 6) is -0.932. The van der Waals surface area contributed by atoms with Crippen LogP contribution in [0.1, 0.15) is 57.3 Å². The number of ether oxygens (including phenoxy) is 2. The minimum absolute atomic E-state index is 0.292. The molecule has 7 heteroatoms. The summed E-state index contributed by atoms with van der Waals surface area (Å²) < 4.78 is 10.1. The van der Waals surface area contributed by atoms with Crippen LogP contribution in [-0.2, 0) is 14.3 Å². The van der Waals surface area contributed by atoms with Crippen molar-refractivity contribution in [3.05, 3.63) is 35.4 Å². The van der Waals surface area contributed by atoms with Gasteiger partial charge in [-0.3, -0.25) is 4.79 Å². The highest BCUT2D eigenvalue weighted by Gasteiger charge is 2.29. The summed E-state index contributed by atoms with van der Waals surface area (Å²) in [7, 11) is 1.29. The van der Waals surface area contributed by atoms with Crippen molar-refractivity contribution in [2.75, 3.05) is 7.11 Å². The van der Waals surface area contributed by atoms with Gasteiger partial charge < -0.3 is 26.3 Å². The molecule has 1 amide bonds. The van der Waals surface area contributed by atoms with Gasteiger partial charge in [0.2, 0.25) is 0 Å². The maximum Gasteiger partial charge on any atom is 0.407 e. The monoisotopic (exact) mass is 351 g/mol. The molecule has 0 bridgehead atoms. The van der Waals surface area contributed by atoms with Gasteiger partial charge in [-0.1, -0.05) is 24.3 Å². The third kappa shape index (κ3) is 7.11. The van der Waals surface area contributed by atoms with Crippen molar-refractivity contribution in [2.45, 2.75) is 57.8 Å². The van der Waals surface area contributed by atoms with E-state index in [-0.39, 0.29) is 12.0 Å². The van der Waals surface area contributed by atoms with Crippen LogP contribution in [0.4, 0.5) is 4.79 Å². The van der Waals surface area contributed by atoms with E-state index in [2.05, 4.69) is 10.1 Å². The zero-order valence-electron chi connectivity index (χ0n) is 15.5. The number of amides is 1. The molecule has 1 aromatic rings. The molecule has 5 N–H and O–H groups in total. The van der Waals surface area contributed by atoms with Crippen LogP contribution in [0.3, 0.4) is 0 Å². The van der Waals surface area contributed by atoms with Crippen molar-refractivity contribution in [1.29, 1.82) is 0 Å². The molecular formula is C18H29N3O4. The third-order valence-corrected chi connectivity index (χ3v) is 3.53. The van der Waals surface area contributed by atoms with Gasteiger partial charge in [0.25, 0.3) is 0 Å². The fourth-order valence-electron chi connectivity index (χ4n) is 2.40. The molecule has 0 saturated heterocycles. The Morgan fingerprint density at radius 1 is 1.20 bits per heavy atom. The molecule has 0 saturated carbocycles. The van der Waals surface area contributed by atoms with Crippen LogP contribution >= 0.6 is 0 Å². The Labute approximate surface area is 149 Å². The summed E-state index contributed by atoms with van der Waals surface area (Å²) in [5, 5.41) is 2.67. The Hall–Kier alpha value is -2.12. The fourth-order valence-corrected chi connectivity index (χ4v) is 2.40. The van der Waals surface area contributed by atoms with Crippen molar-refractivity contribution < 1.29 is 19.1 Å². The number of rotatable bonds is 6. The van der Waals surface area contributed by atoms with Crippen molar-refractivity contribution in [3.63, 3.8) is 0 Å². The van der Waals surface area contributed by atoms with E-state index in [1.807, 2.05) is 26.8 Å². The summed E-state index contributed by atoms with van der Waals surface area (Å²) in [6.07, 6.45) is -0.828. The highest BCUT2D eigenvalue weighted by Crippen LogP contribution is 2.27. The molecule has 2 atom stereocenters. The molecular weight excluding hydrogens is 322 g/mol. The molecule has 0 aliphatic carbocycles. The van der Waals surface area contributed by atoms with E-state index in [4.69, 9.17) is 16.2 Å². The normalized spacial score (nSPS) is 13.9. The molecule has 7 nitrogen and oxygen atoms in total. The smallest absolute Gasteiger partial charge is 0.407 e. The highest BCUT2D eigenvalue weighted by molar-refractivity contribution is 5.79. The van der Waals surface area contributed by atoms with Gasteiger partial charge in [-0.25, -0.2) is 4.79 Å². The van der Waals surface area contributed by atoms with Crippen molar-refractivity contribution in [3.8, 4) is 0 Å². The first-order chi connectivity index (χ1) is 11.5. The van der Waals surface area contributed by atoms with Gasteiger partial charge in [-0.15, -0.1) is 0 Å². The molecule has 140 valence electrons. The van der Waals surface area contributed by atoms with Gasteiger partial charge in [-0.2, -0.15) is 0 Å². The van der Waals surface area contributed by atoms with Gasteiger partial charge in [0, 0.05) is 6.04 Å². The van der Waals surface area contributed by atoms with Crippen molar-refractivity contribution >= 4 is 12.1 Å². The van der Waals surface area contributed by atoms with E-state index in [0.29, 0.717) is 6.42 Å². The second kappa shape index (κ2) is 8.82. The van der Waals surface area contributed by atoms with Crippen LogP contribution in [0.15, 0.2) is 24.3 Å². The standard InChI is InChI=1S/C18H29N3O4/c1-11(21-17(23)24-5)9-14(16(22)25-18(2,3)4)12-7-6-8-13(10-12)15(19)20/h6-8,10-11,14-15H,9,19-20H2,1-5H3,(H,21,23). The zero-order valence-corrected chi connectivity index (χ0v) is 15.5. The van der Waals surface area contributed by atoms with E-state index >= 15 is 0 Å². The fraction of sp³-hybridized carbons (Fsp3) is 0.556. The number of hydrogen-bond acceptors (Lipinski definition) is 6. The second-order valence-electron chi connectivity index (χ2n) is 7.05. The van der Waals surface area contributed by atoms with Gasteiger partial charge in [0.15, 0.2) is 0 Å². The molecule has 0 aliphatic rings. The highest BCUT2D eigenvalue weighted by atomic mass is 16.6. The topological polar surface area (TPSA) is 117 Å². The molecule has 0 fully saturated rings. The number of hydrogen-bond donors (Lipinski definition) is 3. The van der Waals surface area contributed by atoms with Crippen LogP contribution in [-0.4, -0.2) is 30.8 Å². The molecule has 1 rings (SSSR count). The second-order valence-corrected chi connectivity index (χ2v) is 7.05. The number of nitrogens with two attached hydrogens (primary N) is 2. The first-order valence-corrected chi connectivity index (χ1v) is 8.22. The molecule has 1 aromatic carbocycles. The summed E-state index contributed by atoms with van der Waals surface area (Å²) >= 11 is 0. The number of benzene rings is 1. The molecule has 0 heterocycles. The molecule has 0 radical (unpaired) electrons. The van der Waals surface area contributed by atoms with Crippen LogP contribution in [0.25, 0.3) is 0 Å². The number of carbonyl (C=O) groups is 2. The van der Waals surface area contributed by atoms with E-state index in [0.717, 1.165) is 11.1 Å². The Bertz CT molecular complexity index is 596. The minimum atomic E-state index is -0.634. The Kier molecular flexibility index (Phi) is 7.38. The molecule has 0 spiro atoms. The predicted molar refractivity (Wildman–Crippen MR) is 95.8 cm³/mol. The third-order valence-electron chi connectivity index (χ3n) is 3.53.